The molecule has 2 rings (SSSR count). The maximum atomic E-state index is 11.4. The van der Waals surface area contributed by atoms with Crippen LogP contribution in [-0.2, 0) is 0 Å². The smallest absolute Gasteiger partial charge is 0.317 e. The van der Waals surface area contributed by atoms with Crippen LogP contribution >= 0.6 is 0 Å². The van der Waals surface area contributed by atoms with Crippen molar-refractivity contribution < 1.29 is 4.79 Å². The highest BCUT2D eigenvalue weighted by Crippen LogP contribution is 2.18. The Morgan fingerprint density at radius 3 is 2.33 bits per heavy atom. The molecule has 0 aromatic rings. The average molecular weight is 168 g/mol. The van der Waals surface area contributed by atoms with Gasteiger partial charge in [-0.1, -0.05) is 12.8 Å². The third kappa shape index (κ3) is 1.54. The average Bonchev–Trinajstić information content (AvgIpc) is 2.34. The Morgan fingerprint density at radius 1 is 1.17 bits per heavy atom. The highest BCUT2D eigenvalue weighted by molar-refractivity contribution is 5.75. The third-order valence-electron chi connectivity index (χ3n) is 2.83. The van der Waals surface area contributed by atoms with Crippen LogP contribution in [0.2, 0.25) is 0 Å². The Bertz CT molecular complexity index is 171. The Morgan fingerprint density at radius 2 is 1.83 bits per heavy atom. The molecule has 1 saturated heterocycles. The van der Waals surface area contributed by atoms with Gasteiger partial charge in [0, 0.05) is 19.1 Å². The van der Waals surface area contributed by atoms with Gasteiger partial charge in [-0.15, -0.1) is 0 Å². The molecule has 2 fully saturated rings. The van der Waals surface area contributed by atoms with Crippen LogP contribution in [0.4, 0.5) is 4.79 Å². The topological polar surface area (TPSA) is 32.3 Å². The molecule has 1 heterocycles. The first-order valence-electron chi connectivity index (χ1n) is 4.92. The number of hydrogen-bond donors (Lipinski definition) is 1. The molecular formula is C9H16N2O. The number of nitrogens with zero attached hydrogens (tertiary/aromatic N) is 1. The molecule has 0 aromatic carbocycles. The van der Waals surface area contributed by atoms with Gasteiger partial charge >= 0.3 is 6.03 Å². The quantitative estimate of drug-likeness (QED) is 0.629. The van der Waals surface area contributed by atoms with Crippen molar-refractivity contribution in [2.75, 3.05) is 13.1 Å². The fourth-order valence-electron chi connectivity index (χ4n) is 1.86. The summed E-state index contributed by atoms with van der Waals surface area (Å²) in [5.74, 6) is 0. The molecule has 1 N–H and O–H groups in total. The molecule has 0 spiro atoms. The van der Waals surface area contributed by atoms with E-state index in [1.807, 2.05) is 4.90 Å². The minimum Gasteiger partial charge on any atom is -0.335 e. The highest BCUT2D eigenvalue weighted by Gasteiger charge is 2.23. The molecule has 3 nitrogen and oxygen atoms in total. The number of likely N-dealkylation sites (tertiary alicyclic amines) is 1. The number of urea groups is 1. The van der Waals surface area contributed by atoms with E-state index in [2.05, 4.69) is 5.32 Å². The second-order valence-corrected chi connectivity index (χ2v) is 3.77. The Kier molecular flexibility index (Phi) is 2.19. The summed E-state index contributed by atoms with van der Waals surface area (Å²) in [6.45, 7) is 1.91. The zero-order chi connectivity index (χ0) is 8.39. The second-order valence-electron chi connectivity index (χ2n) is 3.77. The van der Waals surface area contributed by atoms with Crippen LogP contribution in [0.5, 0.6) is 0 Å². The van der Waals surface area contributed by atoms with Crippen LogP contribution < -0.4 is 5.32 Å². The van der Waals surface area contributed by atoms with Crippen molar-refractivity contribution in [3.05, 3.63) is 0 Å². The lowest BCUT2D eigenvalue weighted by Crippen LogP contribution is -2.50. The number of carbonyl (C=O) groups excluding carboxylic acids is 1. The third-order valence-corrected chi connectivity index (χ3v) is 2.83. The van der Waals surface area contributed by atoms with Crippen LogP contribution in [0.15, 0.2) is 0 Å². The van der Waals surface area contributed by atoms with E-state index in [-0.39, 0.29) is 6.03 Å². The van der Waals surface area contributed by atoms with Crippen molar-refractivity contribution in [1.82, 2.24) is 10.2 Å². The number of nitrogens with one attached hydrogen (secondary N) is 1. The molecule has 3 heteroatoms. The van der Waals surface area contributed by atoms with Gasteiger partial charge in [0.15, 0.2) is 0 Å². The van der Waals surface area contributed by atoms with E-state index < -0.39 is 0 Å². The van der Waals surface area contributed by atoms with Gasteiger partial charge in [-0.3, -0.25) is 0 Å². The molecule has 1 saturated carbocycles. The van der Waals surface area contributed by atoms with E-state index >= 15 is 0 Å². The van der Waals surface area contributed by atoms with Crippen LogP contribution in [0.3, 0.4) is 0 Å². The van der Waals surface area contributed by atoms with Crippen molar-refractivity contribution in [2.45, 2.75) is 38.1 Å². The van der Waals surface area contributed by atoms with Crippen LogP contribution in [0, 0.1) is 0 Å². The largest absolute Gasteiger partial charge is 0.335 e. The first kappa shape index (κ1) is 7.90. The second kappa shape index (κ2) is 3.33. The SMILES string of the molecule is O=C(NC1CCCC1)N1CCC1. The summed E-state index contributed by atoms with van der Waals surface area (Å²) >= 11 is 0. The molecule has 0 aromatic heterocycles. The van der Waals surface area contributed by atoms with Crippen molar-refractivity contribution in [2.24, 2.45) is 0 Å². The summed E-state index contributed by atoms with van der Waals surface area (Å²) in [5.41, 5.74) is 0. The standard InChI is InChI=1S/C9H16N2O/c12-9(11-6-3-7-11)10-8-4-1-2-5-8/h8H,1-7H2,(H,10,12). The predicted molar refractivity (Wildman–Crippen MR) is 47.0 cm³/mol. The van der Waals surface area contributed by atoms with Gasteiger partial charge in [-0.05, 0) is 19.3 Å². The summed E-state index contributed by atoms with van der Waals surface area (Å²) in [6.07, 6.45) is 6.10. The predicted octanol–water partition coefficient (Wildman–Crippen LogP) is 1.34. The number of amides is 2. The first-order chi connectivity index (χ1) is 5.86. The Hall–Kier alpha value is -0.730. The lowest BCUT2D eigenvalue weighted by Gasteiger charge is -2.32. The number of hydrogen-bond acceptors (Lipinski definition) is 1. The number of carbonyl (C=O) groups is 1. The molecular weight excluding hydrogens is 152 g/mol. The molecule has 0 unspecified atom stereocenters. The number of rotatable bonds is 1. The van der Waals surface area contributed by atoms with Crippen LogP contribution in [-0.4, -0.2) is 30.1 Å². The molecule has 0 atom stereocenters. The Labute approximate surface area is 73.1 Å². The van der Waals surface area contributed by atoms with Gasteiger partial charge in [0.1, 0.15) is 0 Å². The lowest BCUT2D eigenvalue weighted by molar-refractivity contribution is 0.164. The maximum Gasteiger partial charge on any atom is 0.317 e. The molecule has 1 aliphatic heterocycles. The molecule has 0 radical (unpaired) electrons. The van der Waals surface area contributed by atoms with Gasteiger partial charge in [0.25, 0.3) is 0 Å². The van der Waals surface area contributed by atoms with Crippen molar-refractivity contribution in [1.29, 1.82) is 0 Å². The molecule has 1 aliphatic carbocycles. The summed E-state index contributed by atoms with van der Waals surface area (Å²) in [4.78, 5) is 13.3. The van der Waals surface area contributed by atoms with Crippen molar-refractivity contribution >= 4 is 6.03 Å². The van der Waals surface area contributed by atoms with E-state index in [9.17, 15) is 4.79 Å². The summed E-state index contributed by atoms with van der Waals surface area (Å²) in [6, 6.07) is 0.631. The highest BCUT2D eigenvalue weighted by atomic mass is 16.2. The van der Waals surface area contributed by atoms with E-state index in [4.69, 9.17) is 0 Å². The molecule has 0 bridgehead atoms. The van der Waals surface area contributed by atoms with Gasteiger partial charge in [-0.25, -0.2) is 4.79 Å². The first-order valence-corrected chi connectivity index (χ1v) is 4.92. The molecule has 2 aliphatic rings. The van der Waals surface area contributed by atoms with E-state index in [0.717, 1.165) is 13.1 Å². The molecule has 2 amide bonds. The van der Waals surface area contributed by atoms with Crippen molar-refractivity contribution in [3.8, 4) is 0 Å². The van der Waals surface area contributed by atoms with Crippen molar-refractivity contribution in [3.63, 3.8) is 0 Å². The molecule has 68 valence electrons. The normalized spacial score (nSPS) is 23.8. The van der Waals surface area contributed by atoms with E-state index in [1.165, 1.54) is 32.1 Å². The van der Waals surface area contributed by atoms with E-state index in [1.54, 1.807) is 0 Å². The van der Waals surface area contributed by atoms with Gasteiger partial charge in [0.2, 0.25) is 0 Å². The lowest BCUT2D eigenvalue weighted by atomic mass is 10.2. The maximum absolute atomic E-state index is 11.4. The summed E-state index contributed by atoms with van der Waals surface area (Å²) in [7, 11) is 0. The summed E-state index contributed by atoms with van der Waals surface area (Å²) in [5, 5.41) is 3.07. The van der Waals surface area contributed by atoms with Gasteiger partial charge in [-0.2, -0.15) is 0 Å². The van der Waals surface area contributed by atoms with Crippen LogP contribution in [0.25, 0.3) is 0 Å². The minimum atomic E-state index is 0.160. The van der Waals surface area contributed by atoms with Gasteiger partial charge < -0.3 is 10.2 Å². The summed E-state index contributed by atoms with van der Waals surface area (Å²) < 4.78 is 0. The Balaban J connectivity index is 1.73. The zero-order valence-corrected chi connectivity index (χ0v) is 7.38. The minimum absolute atomic E-state index is 0.160. The van der Waals surface area contributed by atoms with Gasteiger partial charge in [0.05, 0.1) is 0 Å². The zero-order valence-electron chi connectivity index (χ0n) is 7.38. The molecule has 12 heavy (non-hydrogen) atoms. The van der Waals surface area contributed by atoms with Crippen LogP contribution in [0.1, 0.15) is 32.1 Å². The van der Waals surface area contributed by atoms with E-state index in [0.29, 0.717) is 6.04 Å². The fraction of sp³-hybridized carbons (Fsp3) is 0.889. The fourth-order valence-corrected chi connectivity index (χ4v) is 1.86. The monoisotopic (exact) mass is 168 g/mol.